The molecule has 1 aliphatic carbocycles. The lowest BCUT2D eigenvalue weighted by atomic mass is 9.75. The highest BCUT2D eigenvalue weighted by atomic mass is 79.9. The number of methoxy groups -OCH3 is 1. The Morgan fingerprint density at radius 2 is 2.11 bits per heavy atom. The smallest absolute Gasteiger partial charge is 0.336 e. The first-order valence-electron chi connectivity index (χ1n) is 8.86. The summed E-state index contributed by atoms with van der Waals surface area (Å²) in [6.45, 7) is 3.80. The number of phenolic OH excluding ortho intramolecular Hbond substituents is 1. The maximum atomic E-state index is 12.8. The van der Waals surface area contributed by atoms with Crippen molar-refractivity contribution in [3.63, 3.8) is 0 Å². The van der Waals surface area contributed by atoms with Gasteiger partial charge in [-0.05, 0) is 60.3 Å². The third-order valence-corrected chi connectivity index (χ3v) is 5.48. The molecule has 0 radical (unpaired) electrons. The van der Waals surface area contributed by atoms with E-state index >= 15 is 0 Å². The van der Waals surface area contributed by atoms with E-state index in [2.05, 4.69) is 21.2 Å². The lowest BCUT2D eigenvalue weighted by molar-refractivity contribution is -0.138. The standard InChI is InChI=1S/C20H22BrNO5/c1-4-27-20(25)16-10(2)22-13-6-5-7-14(23)18(13)17(16)11-8-12(21)19(24)15(9-11)26-3/h8-9,17,22,24H,4-7H2,1-3H3. The Balaban J connectivity index is 2.23. The highest BCUT2D eigenvalue weighted by Gasteiger charge is 2.39. The molecule has 2 aliphatic rings. The second kappa shape index (κ2) is 7.76. The van der Waals surface area contributed by atoms with Gasteiger partial charge in [0.15, 0.2) is 17.3 Å². The van der Waals surface area contributed by atoms with Crippen molar-refractivity contribution in [2.24, 2.45) is 0 Å². The van der Waals surface area contributed by atoms with E-state index in [0.29, 0.717) is 33.3 Å². The summed E-state index contributed by atoms with van der Waals surface area (Å²) in [6, 6.07) is 3.38. The fraction of sp³-hybridized carbons (Fsp3) is 0.400. The zero-order chi connectivity index (χ0) is 19.7. The van der Waals surface area contributed by atoms with Gasteiger partial charge in [0.05, 0.1) is 23.8 Å². The van der Waals surface area contributed by atoms with E-state index in [4.69, 9.17) is 9.47 Å². The number of phenols is 1. The van der Waals surface area contributed by atoms with Crippen LogP contribution < -0.4 is 10.1 Å². The van der Waals surface area contributed by atoms with Crippen LogP contribution in [0.5, 0.6) is 11.5 Å². The summed E-state index contributed by atoms with van der Waals surface area (Å²) >= 11 is 3.33. The molecule has 0 saturated heterocycles. The van der Waals surface area contributed by atoms with E-state index in [1.807, 2.05) is 6.92 Å². The molecule has 0 saturated carbocycles. The summed E-state index contributed by atoms with van der Waals surface area (Å²) in [5, 5.41) is 13.4. The van der Waals surface area contributed by atoms with Crippen molar-refractivity contribution in [1.29, 1.82) is 0 Å². The summed E-state index contributed by atoms with van der Waals surface area (Å²) in [5.74, 6) is -0.771. The van der Waals surface area contributed by atoms with Crippen LogP contribution in [-0.4, -0.2) is 30.6 Å². The van der Waals surface area contributed by atoms with E-state index in [1.54, 1.807) is 19.1 Å². The molecule has 1 aliphatic heterocycles. The highest BCUT2D eigenvalue weighted by molar-refractivity contribution is 9.10. The van der Waals surface area contributed by atoms with Gasteiger partial charge in [0.25, 0.3) is 0 Å². The number of carbonyl (C=O) groups excluding carboxylic acids is 2. The number of dihydropyridines is 1. The molecule has 0 fully saturated rings. The van der Waals surface area contributed by atoms with E-state index in [9.17, 15) is 14.7 Å². The Kier molecular flexibility index (Phi) is 5.60. The van der Waals surface area contributed by atoms with Crippen molar-refractivity contribution >= 4 is 27.7 Å². The van der Waals surface area contributed by atoms with Gasteiger partial charge in [-0.1, -0.05) is 0 Å². The summed E-state index contributed by atoms with van der Waals surface area (Å²) in [6.07, 6.45) is 1.98. The molecule has 7 heteroatoms. The Bertz CT molecular complexity index is 871. The number of ketones is 1. The van der Waals surface area contributed by atoms with Crippen LogP contribution in [0.1, 0.15) is 44.6 Å². The lowest BCUT2D eigenvalue weighted by Gasteiger charge is -2.34. The van der Waals surface area contributed by atoms with Crippen LogP contribution in [0.3, 0.4) is 0 Å². The molecule has 1 atom stereocenters. The molecule has 27 heavy (non-hydrogen) atoms. The molecular formula is C20H22BrNO5. The maximum Gasteiger partial charge on any atom is 0.336 e. The largest absolute Gasteiger partial charge is 0.503 e. The van der Waals surface area contributed by atoms with Crippen LogP contribution in [0.4, 0.5) is 0 Å². The molecule has 6 nitrogen and oxygen atoms in total. The Morgan fingerprint density at radius 1 is 1.37 bits per heavy atom. The monoisotopic (exact) mass is 435 g/mol. The van der Waals surface area contributed by atoms with Crippen molar-refractivity contribution in [3.05, 3.63) is 44.7 Å². The van der Waals surface area contributed by atoms with Gasteiger partial charge in [0.2, 0.25) is 0 Å². The van der Waals surface area contributed by atoms with Crippen LogP contribution in [-0.2, 0) is 14.3 Å². The number of aromatic hydroxyl groups is 1. The highest BCUT2D eigenvalue weighted by Crippen LogP contribution is 2.46. The number of halogens is 1. The molecule has 3 rings (SSSR count). The number of allylic oxidation sites excluding steroid dienone is 3. The number of rotatable bonds is 4. The predicted octanol–water partition coefficient (Wildman–Crippen LogP) is 3.69. The summed E-state index contributed by atoms with van der Waals surface area (Å²) in [7, 11) is 1.46. The zero-order valence-corrected chi connectivity index (χ0v) is 17.1. The molecule has 1 aromatic carbocycles. The molecule has 0 bridgehead atoms. The Labute approximate surface area is 166 Å². The minimum absolute atomic E-state index is 0.0196. The minimum Gasteiger partial charge on any atom is -0.503 e. The number of hydrogen-bond donors (Lipinski definition) is 2. The van der Waals surface area contributed by atoms with E-state index in [-0.39, 0.29) is 23.9 Å². The van der Waals surface area contributed by atoms with Gasteiger partial charge in [-0.2, -0.15) is 0 Å². The molecule has 1 unspecified atom stereocenters. The number of carbonyl (C=O) groups is 2. The molecule has 0 amide bonds. The summed E-state index contributed by atoms with van der Waals surface area (Å²) in [5.41, 5.74) is 3.21. The quantitative estimate of drug-likeness (QED) is 0.701. The molecule has 2 N–H and O–H groups in total. The zero-order valence-electron chi connectivity index (χ0n) is 15.5. The molecule has 1 aromatic rings. The van der Waals surface area contributed by atoms with Crippen LogP contribution >= 0.6 is 15.9 Å². The lowest BCUT2D eigenvalue weighted by Crippen LogP contribution is -2.34. The normalized spacial score (nSPS) is 19.6. The Hall–Kier alpha value is -2.28. The van der Waals surface area contributed by atoms with E-state index in [0.717, 1.165) is 18.5 Å². The number of ether oxygens (including phenoxy) is 2. The van der Waals surface area contributed by atoms with Crippen molar-refractivity contribution < 1.29 is 24.2 Å². The van der Waals surface area contributed by atoms with Gasteiger partial charge < -0.3 is 19.9 Å². The average Bonchev–Trinajstić information content (AvgIpc) is 2.63. The first-order valence-corrected chi connectivity index (χ1v) is 9.65. The number of benzene rings is 1. The van der Waals surface area contributed by atoms with Crippen LogP contribution in [0.2, 0.25) is 0 Å². The van der Waals surface area contributed by atoms with Gasteiger partial charge in [0, 0.05) is 29.3 Å². The van der Waals surface area contributed by atoms with Gasteiger partial charge in [-0.25, -0.2) is 4.79 Å². The van der Waals surface area contributed by atoms with Crippen molar-refractivity contribution in [1.82, 2.24) is 5.32 Å². The van der Waals surface area contributed by atoms with Gasteiger partial charge >= 0.3 is 5.97 Å². The molecular weight excluding hydrogens is 414 g/mol. The van der Waals surface area contributed by atoms with Crippen molar-refractivity contribution in [2.75, 3.05) is 13.7 Å². The first kappa shape index (κ1) is 19.5. The fourth-order valence-corrected chi connectivity index (χ4v) is 4.17. The van der Waals surface area contributed by atoms with Crippen LogP contribution in [0.15, 0.2) is 39.1 Å². The number of nitrogens with one attached hydrogen (secondary N) is 1. The van der Waals surface area contributed by atoms with Gasteiger partial charge in [-0.15, -0.1) is 0 Å². The average molecular weight is 436 g/mol. The van der Waals surface area contributed by atoms with E-state index in [1.165, 1.54) is 7.11 Å². The van der Waals surface area contributed by atoms with Gasteiger partial charge in [-0.3, -0.25) is 4.79 Å². The van der Waals surface area contributed by atoms with Crippen molar-refractivity contribution in [3.8, 4) is 11.5 Å². The van der Waals surface area contributed by atoms with Crippen molar-refractivity contribution in [2.45, 2.75) is 39.0 Å². The SMILES string of the molecule is CCOC(=O)C1=C(C)NC2=C(C(=O)CCC2)C1c1cc(Br)c(O)c(OC)c1. The first-order chi connectivity index (χ1) is 12.9. The molecule has 1 heterocycles. The summed E-state index contributed by atoms with van der Waals surface area (Å²) < 4.78 is 11.0. The Morgan fingerprint density at radius 3 is 2.78 bits per heavy atom. The summed E-state index contributed by atoms with van der Waals surface area (Å²) in [4.78, 5) is 25.5. The second-order valence-electron chi connectivity index (χ2n) is 6.54. The van der Waals surface area contributed by atoms with Crippen LogP contribution in [0, 0.1) is 0 Å². The van der Waals surface area contributed by atoms with Crippen LogP contribution in [0.25, 0.3) is 0 Å². The van der Waals surface area contributed by atoms with Gasteiger partial charge in [0.1, 0.15) is 0 Å². The second-order valence-corrected chi connectivity index (χ2v) is 7.39. The molecule has 0 spiro atoms. The number of hydrogen-bond acceptors (Lipinski definition) is 6. The number of esters is 1. The van der Waals surface area contributed by atoms with E-state index < -0.39 is 11.9 Å². The third kappa shape index (κ3) is 3.48. The molecule has 144 valence electrons. The maximum absolute atomic E-state index is 12.8. The number of Topliss-reactive ketones (excluding diaryl/α,β-unsaturated/α-hetero) is 1. The third-order valence-electron chi connectivity index (χ3n) is 4.88. The topological polar surface area (TPSA) is 84.9 Å². The minimum atomic E-state index is -0.570. The fourth-order valence-electron chi connectivity index (χ4n) is 3.71. The molecule has 0 aromatic heterocycles. The predicted molar refractivity (Wildman–Crippen MR) is 103 cm³/mol.